The van der Waals surface area contributed by atoms with Gasteiger partial charge in [0.25, 0.3) is 0 Å². The number of benzene rings is 1. The third-order valence-electron chi connectivity index (χ3n) is 2.92. The second-order valence-electron chi connectivity index (χ2n) is 5.57. The van der Waals surface area contributed by atoms with Crippen LogP contribution in [0.5, 0.6) is 0 Å². The van der Waals surface area contributed by atoms with Gasteiger partial charge < -0.3 is 15.1 Å². The number of carbonyl (C=O) groups is 2. The van der Waals surface area contributed by atoms with Gasteiger partial charge in [0.05, 0.1) is 0 Å². The molecule has 2 N–H and O–H groups in total. The van der Waals surface area contributed by atoms with E-state index in [1.807, 2.05) is 30.3 Å². The molecule has 1 heterocycles. The van der Waals surface area contributed by atoms with Crippen LogP contribution in [0.4, 0.5) is 0 Å². The molecule has 0 atom stereocenters. The van der Waals surface area contributed by atoms with Crippen molar-refractivity contribution < 1.29 is 19.8 Å². The molecule has 6 nitrogen and oxygen atoms in total. The number of carboxylic acids is 2. The minimum atomic E-state index is -1.26. The molecule has 2 aromatic rings. The highest BCUT2D eigenvalue weighted by Crippen LogP contribution is 2.10. The monoisotopic (exact) mass is 392 g/mol. The van der Waals surface area contributed by atoms with Crippen LogP contribution in [0.25, 0.3) is 0 Å². The minimum Gasteiger partial charge on any atom is -0.478 e. The first-order valence-corrected chi connectivity index (χ1v) is 8.57. The summed E-state index contributed by atoms with van der Waals surface area (Å²) in [6.07, 6.45) is 6.95. The van der Waals surface area contributed by atoms with Gasteiger partial charge in [-0.1, -0.05) is 29.8 Å². The summed E-state index contributed by atoms with van der Waals surface area (Å²) >= 11 is 5.79. The molecular weight excluding hydrogens is 368 g/mol. The quantitative estimate of drug-likeness (QED) is 0.729. The van der Waals surface area contributed by atoms with Crippen LogP contribution >= 0.6 is 11.6 Å². The van der Waals surface area contributed by atoms with Crippen LogP contribution in [0.3, 0.4) is 0 Å². The van der Waals surface area contributed by atoms with Crippen LogP contribution in [0.1, 0.15) is 12.0 Å². The smallest absolute Gasteiger partial charge is 0.328 e. The highest BCUT2D eigenvalue weighted by atomic mass is 35.5. The van der Waals surface area contributed by atoms with Gasteiger partial charge in [-0.25, -0.2) is 9.59 Å². The van der Waals surface area contributed by atoms with E-state index in [1.54, 1.807) is 12.4 Å². The fraction of sp³-hybridized carbons (Fsp3) is 0.250. The van der Waals surface area contributed by atoms with Crippen molar-refractivity contribution in [2.75, 3.05) is 20.6 Å². The van der Waals surface area contributed by atoms with E-state index in [-0.39, 0.29) is 0 Å². The second-order valence-corrected chi connectivity index (χ2v) is 6.00. The Kier molecular flexibility index (Phi) is 14.0. The maximum atomic E-state index is 9.55. The molecule has 0 unspecified atom stereocenters. The lowest BCUT2D eigenvalue weighted by molar-refractivity contribution is -0.134. The minimum absolute atomic E-state index is 0.558. The maximum absolute atomic E-state index is 9.55. The van der Waals surface area contributed by atoms with Crippen molar-refractivity contribution in [2.45, 2.75) is 12.8 Å². The molecule has 1 aromatic heterocycles. The number of nitrogens with zero attached hydrogens (tertiary/aromatic N) is 2. The molecular formula is C20H25ClN2O4. The number of aryl methyl sites for hydroxylation is 1. The first-order chi connectivity index (χ1) is 12.8. The number of halogens is 1. The van der Waals surface area contributed by atoms with Crippen LogP contribution in [0, 0.1) is 0 Å². The van der Waals surface area contributed by atoms with Crippen molar-refractivity contribution in [1.29, 1.82) is 0 Å². The van der Waals surface area contributed by atoms with Crippen LogP contribution in [-0.4, -0.2) is 52.7 Å². The molecule has 0 saturated heterocycles. The van der Waals surface area contributed by atoms with Gasteiger partial charge in [0.1, 0.15) is 0 Å². The molecule has 146 valence electrons. The summed E-state index contributed by atoms with van der Waals surface area (Å²) in [5, 5.41) is 16.4. The summed E-state index contributed by atoms with van der Waals surface area (Å²) in [5.41, 5.74) is 1.37. The summed E-state index contributed by atoms with van der Waals surface area (Å²) in [4.78, 5) is 25.1. The normalized spacial score (nSPS) is 9.78. The predicted molar refractivity (Wildman–Crippen MR) is 107 cm³/mol. The van der Waals surface area contributed by atoms with Crippen LogP contribution in [0.15, 0.2) is 67.0 Å². The SMILES string of the molecule is CN(C)CCCc1ccc(Cl)cc1.O=C(O)/C=C\C(=O)O.c1ccncc1. The van der Waals surface area contributed by atoms with Crippen molar-refractivity contribution in [3.8, 4) is 0 Å². The van der Waals surface area contributed by atoms with Crippen molar-refractivity contribution in [3.63, 3.8) is 0 Å². The van der Waals surface area contributed by atoms with E-state index in [1.165, 1.54) is 12.0 Å². The van der Waals surface area contributed by atoms with E-state index in [2.05, 4.69) is 36.1 Å². The van der Waals surface area contributed by atoms with Crippen molar-refractivity contribution in [2.24, 2.45) is 0 Å². The summed E-state index contributed by atoms with van der Waals surface area (Å²) in [6, 6.07) is 13.8. The van der Waals surface area contributed by atoms with E-state index in [0.717, 1.165) is 18.0 Å². The summed E-state index contributed by atoms with van der Waals surface area (Å²) < 4.78 is 0. The van der Waals surface area contributed by atoms with Gasteiger partial charge in [-0.15, -0.1) is 0 Å². The van der Waals surface area contributed by atoms with Crippen LogP contribution in [-0.2, 0) is 16.0 Å². The molecule has 0 spiro atoms. The number of aromatic nitrogens is 1. The van der Waals surface area contributed by atoms with Gasteiger partial charge in [-0.05, 0) is 63.3 Å². The Hall–Kier alpha value is -2.70. The second kappa shape index (κ2) is 15.5. The first kappa shape index (κ1) is 24.3. The van der Waals surface area contributed by atoms with Crippen molar-refractivity contribution >= 4 is 23.5 Å². The Bertz CT molecular complexity index is 631. The third-order valence-corrected chi connectivity index (χ3v) is 3.17. The average molecular weight is 393 g/mol. The summed E-state index contributed by atoms with van der Waals surface area (Å²) in [6.45, 7) is 1.14. The Morgan fingerprint density at radius 2 is 1.52 bits per heavy atom. The molecule has 2 rings (SSSR count). The van der Waals surface area contributed by atoms with Gasteiger partial charge in [-0.2, -0.15) is 0 Å². The number of hydrogen-bond donors (Lipinski definition) is 2. The van der Waals surface area contributed by atoms with E-state index < -0.39 is 11.9 Å². The highest BCUT2D eigenvalue weighted by molar-refractivity contribution is 6.30. The molecule has 0 fully saturated rings. The van der Waals surface area contributed by atoms with E-state index >= 15 is 0 Å². The van der Waals surface area contributed by atoms with Gasteiger partial charge in [0.15, 0.2) is 0 Å². The molecule has 0 bridgehead atoms. The van der Waals surface area contributed by atoms with Gasteiger partial charge in [-0.3, -0.25) is 4.98 Å². The predicted octanol–water partition coefficient (Wildman–Crippen LogP) is 3.63. The van der Waals surface area contributed by atoms with Gasteiger partial charge in [0.2, 0.25) is 0 Å². The Morgan fingerprint density at radius 1 is 1.00 bits per heavy atom. The molecule has 1 aromatic carbocycles. The first-order valence-electron chi connectivity index (χ1n) is 8.19. The van der Waals surface area contributed by atoms with Gasteiger partial charge >= 0.3 is 11.9 Å². The zero-order valence-corrected chi connectivity index (χ0v) is 16.2. The van der Waals surface area contributed by atoms with Crippen molar-refractivity contribution in [3.05, 3.63) is 77.6 Å². The largest absolute Gasteiger partial charge is 0.478 e. The standard InChI is InChI=1S/C11H16ClN.C5H5N.C4H4O4/c1-13(2)9-3-4-10-5-7-11(12)8-6-10;1-2-4-6-5-3-1;5-3(6)1-2-4(7)8/h5-8H,3-4,9H2,1-2H3;1-5H;1-2H,(H,5,6)(H,7,8)/b;;2-1-. The lowest BCUT2D eigenvalue weighted by atomic mass is 10.1. The van der Waals surface area contributed by atoms with Crippen LogP contribution < -0.4 is 0 Å². The fourth-order valence-electron chi connectivity index (χ4n) is 1.71. The molecule has 0 saturated carbocycles. The molecule has 0 aliphatic carbocycles. The number of aliphatic carboxylic acids is 2. The lowest BCUT2D eigenvalue weighted by Crippen LogP contribution is -2.13. The summed E-state index contributed by atoms with van der Waals surface area (Å²) in [7, 11) is 4.20. The number of pyridine rings is 1. The molecule has 0 aliphatic heterocycles. The molecule has 27 heavy (non-hydrogen) atoms. The summed E-state index contributed by atoms with van der Waals surface area (Å²) in [5.74, 6) is -2.51. The third kappa shape index (κ3) is 17.9. The zero-order valence-electron chi connectivity index (χ0n) is 15.5. The topological polar surface area (TPSA) is 90.7 Å². The maximum Gasteiger partial charge on any atom is 0.328 e. The van der Waals surface area contributed by atoms with E-state index in [9.17, 15) is 9.59 Å². The van der Waals surface area contributed by atoms with E-state index in [0.29, 0.717) is 12.2 Å². The lowest BCUT2D eigenvalue weighted by Gasteiger charge is -2.08. The zero-order chi connectivity index (χ0) is 20.5. The van der Waals surface area contributed by atoms with Crippen LogP contribution in [0.2, 0.25) is 5.02 Å². The molecule has 7 heteroatoms. The number of carboxylic acid groups (broad SMARTS) is 2. The van der Waals surface area contributed by atoms with Gasteiger partial charge in [0, 0.05) is 29.6 Å². The molecule has 0 amide bonds. The van der Waals surface area contributed by atoms with Crippen molar-refractivity contribution in [1.82, 2.24) is 9.88 Å². The Morgan fingerprint density at radius 3 is 1.85 bits per heavy atom. The fourth-order valence-corrected chi connectivity index (χ4v) is 1.83. The number of rotatable bonds is 6. The number of hydrogen-bond acceptors (Lipinski definition) is 4. The Balaban J connectivity index is 0.000000412. The Labute approximate surface area is 164 Å². The highest BCUT2D eigenvalue weighted by Gasteiger charge is 1.94. The molecule has 0 aliphatic rings. The molecule has 0 radical (unpaired) electrons. The average Bonchev–Trinajstić information content (AvgIpc) is 2.64. The van der Waals surface area contributed by atoms with E-state index in [4.69, 9.17) is 21.8 Å².